The van der Waals surface area contributed by atoms with Gasteiger partial charge in [-0.3, -0.25) is 0 Å². The van der Waals surface area contributed by atoms with Crippen molar-refractivity contribution in [2.24, 2.45) is 0 Å². The summed E-state index contributed by atoms with van der Waals surface area (Å²) in [4.78, 5) is 9.39. The molecule has 0 aliphatic heterocycles. The second-order valence-corrected chi connectivity index (χ2v) is 35.4. The fourth-order valence-corrected chi connectivity index (χ4v) is 18.2. The van der Waals surface area contributed by atoms with Crippen molar-refractivity contribution in [1.82, 2.24) is 0 Å². The summed E-state index contributed by atoms with van der Waals surface area (Å²) in [6.07, 6.45) is 35.2. The predicted octanol–water partition coefficient (Wildman–Crippen LogP) is 34.5. The second kappa shape index (κ2) is 47.1. The van der Waals surface area contributed by atoms with Crippen LogP contribution in [0.4, 0.5) is 68.2 Å². The quantitative estimate of drug-likeness (QED) is 0.0373. The van der Waals surface area contributed by atoms with E-state index < -0.39 is 12.2 Å². The van der Waals surface area contributed by atoms with Crippen molar-refractivity contribution in [3.8, 4) is 22.3 Å². The molecule has 0 amide bonds. The van der Waals surface area contributed by atoms with Crippen LogP contribution in [0.15, 0.2) is 315 Å². The zero-order valence-electron chi connectivity index (χ0n) is 77.7. The van der Waals surface area contributed by atoms with Gasteiger partial charge in [0.1, 0.15) is 12.2 Å². The molecule has 16 rings (SSSR count). The SMILES string of the molecule is CCCCc1ccc(N(c2ccc(/C=C/c3ccc4c(c3)C(O)c3cc(/C=C/c5ccc(N(c6ccc(CCCC)cc6)c6ccc(CCCC)cc6)cc5)ccc3-4)cc2)c2ccc(CCCC)cc2)cc1.CCCCc1ccc(N(c2ccc(CCCC)cc2)c2ccc3c(c2)C(O)c2cc(N(c4ccc(CCCC)cc4)c4ccc(CCCC)cc4)ccc2-3)cc1.[Ac]. The van der Waals surface area contributed by atoms with Crippen molar-refractivity contribution in [2.45, 2.75) is 222 Å². The van der Waals surface area contributed by atoms with Crippen molar-refractivity contribution in [1.29, 1.82) is 0 Å². The molecule has 0 atom stereocenters. The molecule has 6 nitrogen and oxygen atoms in total. The number of fused-ring (bicyclic) bond motifs is 6. The maximum Gasteiger partial charge on any atom is 0.105 e. The van der Waals surface area contributed by atoms with Gasteiger partial charge in [-0.1, -0.05) is 289 Å². The van der Waals surface area contributed by atoms with Gasteiger partial charge in [0.15, 0.2) is 0 Å². The van der Waals surface area contributed by atoms with E-state index in [2.05, 4.69) is 415 Å². The Hall–Kier alpha value is -10.9. The van der Waals surface area contributed by atoms with Crippen molar-refractivity contribution < 1.29 is 54.3 Å². The predicted molar refractivity (Wildman–Crippen MR) is 550 cm³/mol. The van der Waals surface area contributed by atoms with Gasteiger partial charge in [0, 0.05) is 112 Å². The number of aliphatic hydroxyl groups is 2. The summed E-state index contributed by atoms with van der Waals surface area (Å²) in [5.74, 6) is 0. The van der Waals surface area contributed by atoms with Crippen molar-refractivity contribution >= 4 is 92.6 Å². The van der Waals surface area contributed by atoms with E-state index in [-0.39, 0.29) is 44.1 Å². The van der Waals surface area contributed by atoms with Crippen LogP contribution >= 0.6 is 0 Å². The van der Waals surface area contributed by atoms with Gasteiger partial charge in [0.2, 0.25) is 0 Å². The molecular formula is C122H132AcN4O2. The van der Waals surface area contributed by atoms with Gasteiger partial charge >= 0.3 is 0 Å². The van der Waals surface area contributed by atoms with Crippen LogP contribution in [-0.4, -0.2) is 10.2 Å². The summed E-state index contributed by atoms with van der Waals surface area (Å²) in [5, 5.41) is 23.9. The monoisotopic (exact) mass is 1910 g/mol. The van der Waals surface area contributed by atoms with E-state index in [0.717, 1.165) is 186 Å². The van der Waals surface area contributed by atoms with Crippen LogP contribution in [-0.2, 0) is 51.4 Å². The zero-order chi connectivity index (χ0) is 88.5. The summed E-state index contributed by atoms with van der Waals surface area (Å²) in [6, 6.07) is 116. The molecule has 14 aromatic carbocycles. The van der Waals surface area contributed by atoms with Gasteiger partial charge in [-0.25, -0.2) is 0 Å². The molecule has 14 aromatic rings. The molecule has 0 aromatic heterocycles. The van der Waals surface area contributed by atoms with Crippen LogP contribution in [0.5, 0.6) is 0 Å². The molecule has 0 fully saturated rings. The van der Waals surface area contributed by atoms with E-state index in [1.807, 2.05) is 0 Å². The number of aliphatic hydroxyl groups excluding tert-OH is 2. The Labute approximate surface area is 807 Å². The Balaban J connectivity index is 0.000000213. The Bertz CT molecular complexity index is 5350. The van der Waals surface area contributed by atoms with Crippen molar-refractivity contribution in [3.63, 3.8) is 0 Å². The number of benzene rings is 14. The smallest absolute Gasteiger partial charge is 0.105 e. The van der Waals surface area contributed by atoms with Crippen LogP contribution in [0.25, 0.3) is 46.6 Å². The molecule has 0 bridgehead atoms. The van der Waals surface area contributed by atoms with Crippen LogP contribution in [0.2, 0.25) is 0 Å². The van der Waals surface area contributed by atoms with Gasteiger partial charge in [-0.05, 0) is 372 Å². The molecule has 0 saturated carbocycles. The van der Waals surface area contributed by atoms with Gasteiger partial charge in [-0.15, -0.1) is 0 Å². The van der Waals surface area contributed by atoms with E-state index in [9.17, 15) is 10.2 Å². The fraction of sp³-hybridized carbons (Fsp3) is 0.279. The number of unbranched alkanes of at least 4 members (excludes halogenated alkanes) is 8. The summed E-state index contributed by atoms with van der Waals surface area (Å²) < 4.78 is 0. The van der Waals surface area contributed by atoms with E-state index in [1.165, 1.54) is 147 Å². The van der Waals surface area contributed by atoms with E-state index in [4.69, 9.17) is 0 Å². The Morgan fingerprint density at radius 1 is 0.186 bits per heavy atom. The first-order valence-corrected chi connectivity index (χ1v) is 48.3. The molecule has 655 valence electrons. The fourth-order valence-electron chi connectivity index (χ4n) is 18.2. The molecule has 2 aliphatic rings. The van der Waals surface area contributed by atoms with Crippen LogP contribution in [0.3, 0.4) is 0 Å². The summed E-state index contributed by atoms with van der Waals surface area (Å²) in [7, 11) is 0. The average Bonchev–Trinajstić information content (AvgIpc) is 1.60. The normalized spacial score (nSPS) is 12.0. The van der Waals surface area contributed by atoms with Gasteiger partial charge in [0.25, 0.3) is 0 Å². The minimum absolute atomic E-state index is 0. The van der Waals surface area contributed by atoms with Crippen LogP contribution < -0.4 is 19.6 Å². The van der Waals surface area contributed by atoms with Gasteiger partial charge < -0.3 is 29.8 Å². The molecule has 129 heavy (non-hydrogen) atoms. The minimum atomic E-state index is -0.732. The molecular weight excluding hydrogens is 1780 g/mol. The largest absolute Gasteiger partial charge is 0.384 e. The van der Waals surface area contributed by atoms with Gasteiger partial charge in [-0.2, -0.15) is 0 Å². The molecule has 7 heteroatoms. The number of hydrogen-bond acceptors (Lipinski definition) is 6. The maximum absolute atomic E-state index is 12.2. The maximum atomic E-state index is 12.2. The standard InChI is InChI=1S/C69H72N2O.C53H60N2O.Ac/c1-5-9-13-51-21-35-59(36-22-51)70(60-37-23-52(24-38-60)14-10-6-2)63-43-29-55(30-44-63)17-19-57-33-47-65-66-48-34-58(50-68(66)69(72)67(65)49-57)20-18-56-31-45-64(46-32-56)71(61-39-25-53(26-40-61)15-11-7-3)62-41-27-54(28-42-62)16-12-8-4;1-5-9-13-39-17-25-43(26-18-39)54(44-27-19-40(20-28-44)14-10-6-2)47-33-35-49-50-36-34-48(38-52(50)53(56)51(49)37-47)55(45-29-21-41(22-30-45)15-11-7-3)46-31-23-42(24-32-46)16-12-8-4;/h17-50,69,72H,5-16H2,1-4H3;17-38,53,56H,5-16H2,1-4H3;/b19-17+,20-18+;;. The molecule has 2 N–H and O–H groups in total. The third-order valence-corrected chi connectivity index (χ3v) is 25.8. The van der Waals surface area contributed by atoms with E-state index >= 15 is 0 Å². The number of rotatable bonds is 40. The third-order valence-electron chi connectivity index (χ3n) is 25.8. The first-order valence-electron chi connectivity index (χ1n) is 48.3. The van der Waals surface area contributed by atoms with Crippen LogP contribution in [0, 0.1) is 44.1 Å². The van der Waals surface area contributed by atoms with Crippen molar-refractivity contribution in [2.75, 3.05) is 19.6 Å². The van der Waals surface area contributed by atoms with E-state index in [1.54, 1.807) is 0 Å². The Morgan fingerprint density at radius 2 is 0.333 bits per heavy atom. The first kappa shape index (κ1) is 94.2. The number of anilines is 12. The minimum Gasteiger partial charge on any atom is -0.384 e. The Kier molecular flexibility index (Phi) is 34.4. The Morgan fingerprint density at radius 3 is 0.527 bits per heavy atom. The molecule has 2 aliphatic carbocycles. The second-order valence-electron chi connectivity index (χ2n) is 35.4. The summed E-state index contributed by atoms with van der Waals surface area (Å²) in [6.45, 7) is 18.0. The van der Waals surface area contributed by atoms with Crippen molar-refractivity contribution in [3.05, 3.63) is 404 Å². The number of aryl methyl sites for hydroxylation is 8. The molecule has 0 unspecified atom stereocenters. The number of hydrogen-bond donors (Lipinski definition) is 2. The molecule has 0 spiro atoms. The molecule has 0 heterocycles. The molecule has 1 radical (unpaired) electrons. The summed E-state index contributed by atoms with van der Waals surface area (Å²) in [5.41, 5.74) is 37.0. The average molecular weight is 1910 g/mol. The van der Waals surface area contributed by atoms with Gasteiger partial charge in [0.05, 0.1) is 0 Å². The van der Waals surface area contributed by atoms with Crippen LogP contribution in [0.1, 0.15) is 259 Å². The third kappa shape index (κ3) is 23.8. The number of nitrogens with zero attached hydrogens (tertiary/aromatic N) is 4. The molecule has 0 saturated heterocycles. The van der Waals surface area contributed by atoms with E-state index in [0.29, 0.717) is 0 Å². The first-order chi connectivity index (χ1) is 62.9. The topological polar surface area (TPSA) is 53.4 Å². The summed E-state index contributed by atoms with van der Waals surface area (Å²) >= 11 is 0. The zero-order valence-corrected chi connectivity index (χ0v) is 82.5.